The van der Waals surface area contributed by atoms with Gasteiger partial charge in [-0.05, 0) is 12.8 Å². The summed E-state index contributed by atoms with van der Waals surface area (Å²) in [4.78, 5) is 33.5. The van der Waals surface area contributed by atoms with E-state index in [0.717, 1.165) is 12.8 Å². The van der Waals surface area contributed by atoms with E-state index in [4.69, 9.17) is 0 Å². The topological polar surface area (TPSA) is 114 Å². The maximum atomic E-state index is 12.2. The van der Waals surface area contributed by atoms with Gasteiger partial charge in [-0.15, -0.1) is 0 Å². The molecule has 21 heavy (non-hydrogen) atoms. The number of hydrogen-bond acceptors (Lipinski definition) is 4. The summed E-state index contributed by atoms with van der Waals surface area (Å²) in [7, 11) is 1.54. The molecule has 0 radical (unpaired) electrons. The first-order valence-electron chi connectivity index (χ1n) is 6.74. The molecule has 0 bridgehead atoms. The SMILES string of the molecule is Cn1cc([N+](=O)[O-])cc1C(=O)NC1CCCCC1C(=O)O. The molecule has 8 nitrogen and oxygen atoms in total. The summed E-state index contributed by atoms with van der Waals surface area (Å²) < 4.78 is 1.37. The van der Waals surface area contributed by atoms with E-state index >= 15 is 0 Å². The van der Waals surface area contributed by atoms with Crippen LogP contribution < -0.4 is 5.32 Å². The van der Waals surface area contributed by atoms with Gasteiger partial charge in [0.05, 0.1) is 17.0 Å². The first-order valence-corrected chi connectivity index (χ1v) is 6.74. The van der Waals surface area contributed by atoms with Crippen molar-refractivity contribution < 1.29 is 19.6 Å². The Balaban J connectivity index is 2.13. The number of aryl methyl sites for hydroxylation is 1. The van der Waals surface area contributed by atoms with Crippen LogP contribution in [0.3, 0.4) is 0 Å². The number of carbonyl (C=O) groups is 2. The second kappa shape index (κ2) is 5.94. The van der Waals surface area contributed by atoms with E-state index < -0.39 is 28.8 Å². The second-order valence-corrected chi connectivity index (χ2v) is 5.26. The fraction of sp³-hybridized carbons (Fsp3) is 0.538. The summed E-state index contributed by atoms with van der Waals surface area (Å²) in [5.74, 6) is -2.00. The number of nitrogens with zero attached hydrogens (tertiary/aromatic N) is 2. The van der Waals surface area contributed by atoms with Crippen LogP contribution in [0.1, 0.15) is 36.2 Å². The molecule has 2 atom stereocenters. The van der Waals surface area contributed by atoms with Crippen LogP contribution >= 0.6 is 0 Å². The van der Waals surface area contributed by atoms with Crippen molar-refractivity contribution in [3.05, 3.63) is 28.1 Å². The normalized spacial score (nSPS) is 21.8. The van der Waals surface area contributed by atoms with E-state index in [1.165, 1.54) is 23.9 Å². The predicted octanol–water partition coefficient (Wildman–Crippen LogP) is 1.31. The van der Waals surface area contributed by atoms with Gasteiger partial charge in [-0.3, -0.25) is 19.7 Å². The lowest BCUT2D eigenvalue weighted by Crippen LogP contribution is -2.45. The van der Waals surface area contributed by atoms with Crippen LogP contribution in [0.2, 0.25) is 0 Å². The van der Waals surface area contributed by atoms with E-state index in [9.17, 15) is 24.8 Å². The highest BCUT2D eigenvalue weighted by Crippen LogP contribution is 2.25. The third kappa shape index (κ3) is 3.21. The van der Waals surface area contributed by atoms with Crippen LogP contribution in [0.25, 0.3) is 0 Å². The van der Waals surface area contributed by atoms with Crippen LogP contribution in [0.15, 0.2) is 12.3 Å². The molecule has 0 aromatic carbocycles. The van der Waals surface area contributed by atoms with Crippen molar-refractivity contribution in [1.82, 2.24) is 9.88 Å². The molecule has 1 aromatic heterocycles. The number of carbonyl (C=O) groups excluding carboxylic acids is 1. The minimum atomic E-state index is -0.919. The van der Waals surface area contributed by atoms with Crippen LogP contribution in [0.5, 0.6) is 0 Å². The molecule has 8 heteroatoms. The van der Waals surface area contributed by atoms with Crippen LogP contribution in [0.4, 0.5) is 5.69 Å². The molecule has 2 unspecified atom stereocenters. The Bertz CT molecular complexity index is 580. The van der Waals surface area contributed by atoms with Gasteiger partial charge in [-0.1, -0.05) is 12.8 Å². The Kier molecular flexibility index (Phi) is 4.25. The van der Waals surface area contributed by atoms with Gasteiger partial charge in [0.25, 0.3) is 11.6 Å². The number of nitrogens with one attached hydrogen (secondary N) is 1. The molecule has 1 aliphatic carbocycles. The smallest absolute Gasteiger partial charge is 0.308 e. The van der Waals surface area contributed by atoms with Gasteiger partial charge < -0.3 is 15.0 Å². The van der Waals surface area contributed by atoms with Crippen molar-refractivity contribution in [2.75, 3.05) is 0 Å². The molecule has 1 amide bonds. The third-order valence-corrected chi connectivity index (χ3v) is 3.83. The summed E-state index contributed by atoms with van der Waals surface area (Å²) in [5, 5.41) is 22.6. The van der Waals surface area contributed by atoms with Crippen LogP contribution in [-0.4, -0.2) is 32.5 Å². The van der Waals surface area contributed by atoms with E-state index in [0.29, 0.717) is 12.8 Å². The molecule has 114 valence electrons. The van der Waals surface area contributed by atoms with Gasteiger partial charge in [-0.2, -0.15) is 0 Å². The molecule has 1 heterocycles. The molecule has 1 aromatic rings. The lowest BCUT2D eigenvalue weighted by atomic mass is 9.84. The van der Waals surface area contributed by atoms with Crippen molar-refractivity contribution in [2.24, 2.45) is 13.0 Å². The fourth-order valence-electron chi connectivity index (χ4n) is 2.71. The van der Waals surface area contributed by atoms with Gasteiger partial charge in [-0.25, -0.2) is 0 Å². The van der Waals surface area contributed by atoms with Crippen LogP contribution in [0, 0.1) is 16.0 Å². The molecule has 2 N–H and O–H groups in total. The fourth-order valence-corrected chi connectivity index (χ4v) is 2.71. The van der Waals surface area contributed by atoms with Gasteiger partial charge in [0.2, 0.25) is 0 Å². The minimum Gasteiger partial charge on any atom is -0.481 e. The Morgan fingerprint density at radius 1 is 1.43 bits per heavy atom. The average Bonchev–Trinajstić information content (AvgIpc) is 2.81. The number of carboxylic acid groups (broad SMARTS) is 1. The number of nitro groups is 1. The minimum absolute atomic E-state index is 0.149. The summed E-state index contributed by atoms with van der Waals surface area (Å²) in [6.45, 7) is 0. The van der Waals surface area contributed by atoms with Crippen molar-refractivity contribution in [1.29, 1.82) is 0 Å². The molecule has 1 fully saturated rings. The molecule has 2 rings (SSSR count). The summed E-state index contributed by atoms with van der Waals surface area (Å²) >= 11 is 0. The summed E-state index contributed by atoms with van der Waals surface area (Å²) in [6, 6.07) is 0.756. The zero-order valence-corrected chi connectivity index (χ0v) is 11.6. The van der Waals surface area contributed by atoms with Crippen molar-refractivity contribution in [3.63, 3.8) is 0 Å². The molecule has 0 saturated heterocycles. The Hall–Kier alpha value is -2.38. The van der Waals surface area contributed by atoms with Crippen molar-refractivity contribution in [2.45, 2.75) is 31.7 Å². The summed E-state index contributed by atoms with van der Waals surface area (Å²) in [6.07, 6.45) is 4.09. The molecule has 1 saturated carbocycles. The first-order chi connectivity index (χ1) is 9.90. The second-order valence-electron chi connectivity index (χ2n) is 5.26. The number of hydrogen-bond donors (Lipinski definition) is 2. The largest absolute Gasteiger partial charge is 0.481 e. The Labute approximate surface area is 120 Å². The lowest BCUT2D eigenvalue weighted by Gasteiger charge is -2.29. The van der Waals surface area contributed by atoms with Gasteiger partial charge in [0.15, 0.2) is 0 Å². The van der Waals surface area contributed by atoms with Gasteiger partial charge in [0, 0.05) is 19.2 Å². The monoisotopic (exact) mass is 295 g/mol. The maximum absolute atomic E-state index is 12.2. The standard InChI is InChI=1S/C13H17N3O5/c1-15-7-8(16(20)21)6-11(15)12(17)14-10-5-3-2-4-9(10)13(18)19/h6-7,9-10H,2-5H2,1H3,(H,14,17)(H,18,19). The molecular formula is C13H17N3O5. The summed E-state index contributed by atoms with van der Waals surface area (Å²) in [5.41, 5.74) is -0.0162. The molecule has 0 spiro atoms. The maximum Gasteiger partial charge on any atom is 0.308 e. The van der Waals surface area contributed by atoms with Crippen molar-refractivity contribution in [3.8, 4) is 0 Å². The average molecular weight is 295 g/mol. The third-order valence-electron chi connectivity index (χ3n) is 3.83. The van der Waals surface area contributed by atoms with E-state index in [2.05, 4.69) is 5.32 Å². The molecule has 0 aliphatic heterocycles. The Morgan fingerprint density at radius 3 is 2.67 bits per heavy atom. The lowest BCUT2D eigenvalue weighted by molar-refractivity contribution is -0.384. The Morgan fingerprint density at radius 2 is 2.10 bits per heavy atom. The highest BCUT2D eigenvalue weighted by Gasteiger charge is 2.32. The van der Waals surface area contributed by atoms with Gasteiger partial charge >= 0.3 is 5.97 Å². The number of aromatic nitrogens is 1. The van der Waals surface area contributed by atoms with E-state index in [1.807, 2.05) is 0 Å². The predicted molar refractivity (Wildman–Crippen MR) is 72.9 cm³/mol. The highest BCUT2D eigenvalue weighted by atomic mass is 16.6. The van der Waals surface area contributed by atoms with Gasteiger partial charge in [0.1, 0.15) is 5.69 Å². The van der Waals surface area contributed by atoms with Crippen LogP contribution in [-0.2, 0) is 11.8 Å². The zero-order valence-electron chi connectivity index (χ0n) is 11.6. The number of aliphatic carboxylic acids is 1. The highest BCUT2D eigenvalue weighted by molar-refractivity contribution is 5.94. The molecular weight excluding hydrogens is 278 g/mol. The quantitative estimate of drug-likeness (QED) is 0.642. The van der Waals surface area contributed by atoms with E-state index in [-0.39, 0.29) is 11.4 Å². The van der Waals surface area contributed by atoms with Crippen molar-refractivity contribution >= 4 is 17.6 Å². The molecule has 1 aliphatic rings. The number of rotatable bonds is 4. The first kappa shape index (κ1) is 15.0. The van der Waals surface area contributed by atoms with E-state index in [1.54, 1.807) is 0 Å². The number of amides is 1. The zero-order chi connectivity index (χ0) is 15.6. The number of carboxylic acids is 1.